The van der Waals surface area contributed by atoms with Crippen LogP contribution in [0.25, 0.3) is 0 Å². The molecule has 1 unspecified atom stereocenters. The van der Waals surface area contributed by atoms with Crippen molar-refractivity contribution in [1.29, 1.82) is 0 Å². The summed E-state index contributed by atoms with van der Waals surface area (Å²) in [5.74, 6) is -1.82. The van der Waals surface area contributed by atoms with E-state index in [1.807, 2.05) is 6.92 Å². The zero-order chi connectivity index (χ0) is 19.8. The number of nitrogens with one attached hydrogen (secondary N) is 1. The van der Waals surface area contributed by atoms with Gasteiger partial charge in [-0.15, -0.1) is 0 Å². The van der Waals surface area contributed by atoms with Crippen LogP contribution in [0.4, 0.5) is 4.79 Å². The summed E-state index contributed by atoms with van der Waals surface area (Å²) in [7, 11) is 0. The molecule has 0 aliphatic carbocycles. The molecule has 1 aliphatic heterocycles. The lowest BCUT2D eigenvalue weighted by molar-refractivity contribution is -0.143. The molecule has 1 aromatic rings. The Kier molecular flexibility index (Phi) is 7.34. The van der Waals surface area contributed by atoms with Crippen LogP contribution >= 0.6 is 0 Å². The molecule has 27 heavy (non-hydrogen) atoms. The fourth-order valence-corrected chi connectivity index (χ4v) is 2.92. The molecule has 2 N–H and O–H groups in total. The number of unbranched alkanes of at least 4 members (excludes halogenated alkanes) is 2. The van der Waals surface area contributed by atoms with Crippen LogP contribution in [0.3, 0.4) is 0 Å². The van der Waals surface area contributed by atoms with Crippen molar-refractivity contribution in [3.63, 3.8) is 0 Å². The number of amides is 4. The summed E-state index contributed by atoms with van der Waals surface area (Å²) < 4.78 is 0. The van der Waals surface area contributed by atoms with Crippen molar-refractivity contribution in [3.05, 3.63) is 35.9 Å². The fraction of sp³-hybridized carbons (Fsp3) is 0.474. The summed E-state index contributed by atoms with van der Waals surface area (Å²) in [6.45, 7) is 2.19. The average molecular weight is 375 g/mol. The van der Waals surface area contributed by atoms with E-state index < -0.39 is 23.9 Å². The minimum Gasteiger partial charge on any atom is -0.479 e. The quantitative estimate of drug-likeness (QED) is 0.707. The molecular weight excluding hydrogens is 350 g/mol. The Balaban J connectivity index is 1.95. The van der Waals surface area contributed by atoms with E-state index in [0.29, 0.717) is 12.0 Å². The summed E-state index contributed by atoms with van der Waals surface area (Å²) in [6, 6.07) is 6.25. The summed E-state index contributed by atoms with van der Waals surface area (Å²) in [4.78, 5) is 50.7. The van der Waals surface area contributed by atoms with Crippen molar-refractivity contribution in [2.24, 2.45) is 0 Å². The number of aliphatic carboxylic acids is 1. The molecule has 1 heterocycles. The highest BCUT2D eigenvalue weighted by Crippen LogP contribution is 2.14. The summed E-state index contributed by atoms with van der Waals surface area (Å²) in [6.07, 6.45) is 3.13. The van der Waals surface area contributed by atoms with Crippen molar-refractivity contribution in [2.45, 2.75) is 38.6 Å². The number of nitrogens with zero attached hydrogens (tertiary/aromatic N) is 2. The van der Waals surface area contributed by atoms with E-state index in [4.69, 9.17) is 0 Å². The normalized spacial score (nSPS) is 15.4. The molecule has 8 nitrogen and oxygen atoms in total. The second-order valence-corrected chi connectivity index (χ2v) is 6.45. The maximum atomic E-state index is 12.4. The molecule has 1 fully saturated rings. The van der Waals surface area contributed by atoms with Crippen LogP contribution in [-0.2, 0) is 14.4 Å². The first-order valence-electron chi connectivity index (χ1n) is 9.10. The van der Waals surface area contributed by atoms with E-state index in [1.165, 1.54) is 4.90 Å². The van der Waals surface area contributed by atoms with Crippen molar-refractivity contribution >= 4 is 23.8 Å². The number of benzene rings is 1. The fourth-order valence-electron chi connectivity index (χ4n) is 2.92. The van der Waals surface area contributed by atoms with E-state index >= 15 is 0 Å². The van der Waals surface area contributed by atoms with Crippen molar-refractivity contribution < 1.29 is 24.3 Å². The van der Waals surface area contributed by atoms with Crippen LogP contribution in [0.1, 0.15) is 44.2 Å². The van der Waals surface area contributed by atoms with Crippen molar-refractivity contribution in [2.75, 3.05) is 19.6 Å². The molecule has 0 radical (unpaired) electrons. The molecule has 1 saturated heterocycles. The van der Waals surface area contributed by atoms with Crippen LogP contribution in [0, 0.1) is 0 Å². The number of hydrogen-bond acceptors (Lipinski definition) is 4. The summed E-state index contributed by atoms with van der Waals surface area (Å²) in [5, 5.41) is 11.8. The molecule has 1 aliphatic rings. The molecular formula is C19H25N3O5. The highest BCUT2D eigenvalue weighted by molar-refractivity contribution is 5.98. The number of hydrogen-bond donors (Lipinski definition) is 2. The van der Waals surface area contributed by atoms with Gasteiger partial charge in [-0.05, 0) is 12.0 Å². The lowest BCUT2D eigenvalue weighted by Crippen LogP contribution is -2.57. The number of carbonyl (C=O) groups is 4. The molecule has 1 aromatic carbocycles. The Morgan fingerprint density at radius 3 is 2.44 bits per heavy atom. The van der Waals surface area contributed by atoms with Gasteiger partial charge in [0.05, 0.1) is 0 Å². The molecule has 146 valence electrons. The minimum absolute atomic E-state index is 0.0469. The number of piperazine rings is 1. The van der Waals surface area contributed by atoms with Gasteiger partial charge in [0.15, 0.2) is 6.04 Å². The molecule has 1 atom stereocenters. The third kappa shape index (κ3) is 5.54. The van der Waals surface area contributed by atoms with Gasteiger partial charge in [0, 0.05) is 19.5 Å². The Hall–Kier alpha value is -2.90. The first-order chi connectivity index (χ1) is 12.9. The van der Waals surface area contributed by atoms with Gasteiger partial charge in [-0.1, -0.05) is 50.1 Å². The number of carboxylic acid groups (broad SMARTS) is 1. The van der Waals surface area contributed by atoms with Crippen LogP contribution in [0.5, 0.6) is 0 Å². The minimum atomic E-state index is -1.25. The number of carboxylic acids is 1. The van der Waals surface area contributed by atoms with E-state index in [-0.39, 0.29) is 25.5 Å². The predicted molar refractivity (Wildman–Crippen MR) is 97.8 cm³/mol. The molecule has 8 heteroatoms. The van der Waals surface area contributed by atoms with Gasteiger partial charge in [0.25, 0.3) is 0 Å². The smallest absolute Gasteiger partial charge is 0.330 e. The standard InChI is InChI=1S/C19H25N3O5/c1-2-3-5-10-15(23)21-11-12-22(16(24)13-21)19(27)20-17(18(25)26)14-8-6-4-7-9-14/h4,6-9,17H,2-3,5,10-13H2,1H3,(H,20,27)(H,25,26). The maximum absolute atomic E-state index is 12.4. The van der Waals surface area contributed by atoms with Crippen molar-refractivity contribution in [3.8, 4) is 0 Å². The predicted octanol–water partition coefficient (Wildman–Crippen LogP) is 1.77. The van der Waals surface area contributed by atoms with Gasteiger partial charge in [0.2, 0.25) is 11.8 Å². The summed E-state index contributed by atoms with van der Waals surface area (Å²) >= 11 is 0. The number of imide groups is 1. The average Bonchev–Trinajstić information content (AvgIpc) is 2.66. The zero-order valence-electron chi connectivity index (χ0n) is 15.4. The number of urea groups is 1. The van der Waals surface area contributed by atoms with E-state index in [9.17, 15) is 24.3 Å². The van der Waals surface area contributed by atoms with E-state index in [2.05, 4.69) is 5.32 Å². The van der Waals surface area contributed by atoms with Gasteiger partial charge in [-0.2, -0.15) is 0 Å². The van der Waals surface area contributed by atoms with Crippen LogP contribution < -0.4 is 5.32 Å². The lowest BCUT2D eigenvalue weighted by Gasteiger charge is -2.33. The molecule has 0 saturated carbocycles. The number of rotatable bonds is 7. The molecule has 0 aromatic heterocycles. The molecule has 0 spiro atoms. The maximum Gasteiger partial charge on any atom is 0.330 e. The van der Waals surface area contributed by atoms with Crippen LogP contribution in [0.15, 0.2) is 30.3 Å². The number of carbonyl (C=O) groups excluding carboxylic acids is 3. The second-order valence-electron chi connectivity index (χ2n) is 6.45. The van der Waals surface area contributed by atoms with E-state index in [0.717, 1.165) is 24.2 Å². The van der Waals surface area contributed by atoms with Crippen molar-refractivity contribution in [1.82, 2.24) is 15.1 Å². The Morgan fingerprint density at radius 1 is 1.15 bits per heavy atom. The van der Waals surface area contributed by atoms with Gasteiger partial charge < -0.3 is 15.3 Å². The largest absolute Gasteiger partial charge is 0.479 e. The molecule has 0 bridgehead atoms. The zero-order valence-corrected chi connectivity index (χ0v) is 15.4. The monoisotopic (exact) mass is 375 g/mol. The first kappa shape index (κ1) is 20.4. The van der Waals surface area contributed by atoms with Gasteiger partial charge >= 0.3 is 12.0 Å². The second kappa shape index (κ2) is 9.70. The Labute approximate surface area is 158 Å². The van der Waals surface area contributed by atoms with Gasteiger partial charge in [-0.3, -0.25) is 14.5 Å². The van der Waals surface area contributed by atoms with Crippen LogP contribution in [-0.4, -0.2) is 58.4 Å². The molecule has 4 amide bonds. The lowest BCUT2D eigenvalue weighted by atomic mass is 10.1. The third-order valence-corrected chi connectivity index (χ3v) is 4.46. The van der Waals surface area contributed by atoms with Gasteiger partial charge in [-0.25, -0.2) is 9.59 Å². The Bertz CT molecular complexity index is 692. The highest BCUT2D eigenvalue weighted by atomic mass is 16.4. The summed E-state index contributed by atoms with van der Waals surface area (Å²) in [5.41, 5.74) is 0.413. The van der Waals surface area contributed by atoms with Crippen LogP contribution in [0.2, 0.25) is 0 Å². The highest BCUT2D eigenvalue weighted by Gasteiger charge is 2.33. The Morgan fingerprint density at radius 2 is 1.85 bits per heavy atom. The third-order valence-electron chi connectivity index (χ3n) is 4.46. The van der Waals surface area contributed by atoms with E-state index in [1.54, 1.807) is 30.3 Å². The SMILES string of the molecule is CCCCCC(=O)N1CCN(C(=O)NC(C(=O)O)c2ccccc2)C(=O)C1. The first-order valence-corrected chi connectivity index (χ1v) is 9.10. The topological polar surface area (TPSA) is 107 Å². The molecule has 2 rings (SSSR count). The van der Waals surface area contributed by atoms with Gasteiger partial charge in [0.1, 0.15) is 6.54 Å².